The summed E-state index contributed by atoms with van der Waals surface area (Å²) in [5.41, 5.74) is 3.68. The third-order valence-electron chi connectivity index (χ3n) is 11.2. The molecule has 0 saturated heterocycles. The van der Waals surface area contributed by atoms with Gasteiger partial charge < -0.3 is 0 Å². The van der Waals surface area contributed by atoms with Crippen molar-refractivity contribution in [2.45, 2.75) is 18.5 Å². The molecule has 0 unspecified atom stereocenters. The van der Waals surface area contributed by atoms with Gasteiger partial charge in [-0.2, -0.15) is 13.2 Å². The van der Waals surface area contributed by atoms with Crippen molar-refractivity contribution in [1.82, 2.24) is 0 Å². The van der Waals surface area contributed by atoms with Gasteiger partial charge in [0.05, 0.1) is 57.3 Å². The van der Waals surface area contributed by atoms with E-state index in [1.54, 1.807) is 12.1 Å². The van der Waals surface area contributed by atoms with Gasteiger partial charge >= 0.3 is 6.18 Å². The van der Waals surface area contributed by atoms with E-state index in [2.05, 4.69) is 237 Å². The molecule has 0 spiro atoms. The molecule has 0 aliphatic rings. The van der Waals surface area contributed by atoms with Crippen molar-refractivity contribution in [3.8, 4) is 0 Å². The molecule has 0 atom stereocenters. The van der Waals surface area contributed by atoms with E-state index < -0.39 is 35.5 Å². The van der Waals surface area contributed by atoms with E-state index in [0.29, 0.717) is 0 Å². The van der Waals surface area contributed by atoms with E-state index in [1.807, 2.05) is 0 Å². The third kappa shape index (κ3) is 12.9. The van der Waals surface area contributed by atoms with Crippen LogP contribution in [-0.2, 0) is 38.0 Å². The molecule has 0 nitrogen and oxygen atoms in total. The normalized spacial score (nSPS) is 11.1. The first-order valence-electron chi connectivity index (χ1n) is 21.5. The van der Waals surface area contributed by atoms with E-state index in [4.69, 9.17) is 0 Å². The number of rotatable bonds is 13. The van der Waals surface area contributed by atoms with Crippen LogP contribution < -0.4 is 37.1 Å². The Morgan fingerprint density at radius 1 is 0.323 bits per heavy atom. The van der Waals surface area contributed by atoms with Crippen molar-refractivity contribution < 1.29 is 32.6 Å². The van der Waals surface area contributed by atoms with E-state index >= 15 is 0 Å². The predicted octanol–water partition coefficient (Wildman–Crippen LogP) is 12.2. The van der Waals surface area contributed by atoms with E-state index in [9.17, 15) is 13.2 Å². The van der Waals surface area contributed by atoms with Gasteiger partial charge in [0.15, 0.2) is 0 Å². The number of hydrogen-bond acceptors (Lipinski definition) is 0. The molecule has 325 valence electrons. The zero-order chi connectivity index (χ0) is 44.0. The molecule has 1 radical (unpaired) electrons. The molecule has 9 rings (SSSR count). The summed E-state index contributed by atoms with van der Waals surface area (Å²) < 4.78 is 40.2. The number of halogens is 3. The fourth-order valence-electron chi connectivity index (χ4n) is 8.09. The standard InChI is InChI=1S/C40H32F3P2.C18H15P.Rh/c41-40(42,43)34-26-24-31(25-27-34)28-39-32(29-44(35-16-5-1-6-17-35)36-18-7-2-8-19-36)14-13-15-33(39)30-45(37-20-9-3-10-21-37)38-22-11-4-12-23-38;1-4-10-16(11-5-1)19(17-12-6-2-7-13-17)18-14-8-3-9-15-18;/h1-28H,29-30H2;1-15H;/q-1;;/p+3. The SMILES string of the molecule is FC(F)(F)c1ccc([CH-]c2c(C[PH+](c3ccccc3)c3ccccc3)cccc2C[PH+](c2ccccc2)c2ccccc2)cc1.[Rh].c1ccc([PH+](c2ccccc2)c2ccccc2)cc1. The molecule has 0 N–H and O–H groups in total. The Kier molecular flexibility index (Phi) is 17.3. The first-order chi connectivity index (χ1) is 31.4. The second-order valence-electron chi connectivity index (χ2n) is 15.5. The molecule has 65 heavy (non-hydrogen) atoms. The Morgan fingerprint density at radius 2 is 0.600 bits per heavy atom. The van der Waals surface area contributed by atoms with Crippen LogP contribution in [0.3, 0.4) is 0 Å². The molecule has 9 aromatic carbocycles. The Balaban J connectivity index is 0.000000262. The number of hydrogen-bond donors (Lipinski definition) is 0. The van der Waals surface area contributed by atoms with Crippen LogP contribution in [0.5, 0.6) is 0 Å². The largest absolute Gasteiger partial charge is 0.415 e. The second-order valence-corrected chi connectivity index (χ2v) is 22.9. The van der Waals surface area contributed by atoms with Gasteiger partial charge in [0.25, 0.3) is 0 Å². The van der Waals surface area contributed by atoms with Crippen LogP contribution in [0.4, 0.5) is 13.2 Å². The molecule has 0 aliphatic heterocycles. The van der Waals surface area contributed by atoms with Gasteiger partial charge in [-0.15, -0.1) is 29.7 Å². The Labute approximate surface area is 398 Å². The molecule has 0 aliphatic carbocycles. The molecule has 9 aromatic rings. The zero-order valence-corrected chi connectivity index (χ0v) is 40.3. The Bertz CT molecular complexity index is 2490. The molecule has 0 fully saturated rings. The van der Waals surface area contributed by atoms with Gasteiger partial charge in [-0.05, 0) is 84.9 Å². The van der Waals surface area contributed by atoms with Gasteiger partial charge in [0.2, 0.25) is 0 Å². The summed E-state index contributed by atoms with van der Waals surface area (Å²) in [6.07, 6.45) is -0.557. The quantitative estimate of drug-likeness (QED) is 0.0613. The van der Waals surface area contributed by atoms with E-state index in [0.717, 1.165) is 23.5 Å². The van der Waals surface area contributed by atoms with Crippen molar-refractivity contribution in [2.75, 3.05) is 0 Å². The van der Waals surface area contributed by atoms with Crippen molar-refractivity contribution in [2.24, 2.45) is 0 Å². The van der Waals surface area contributed by atoms with Crippen molar-refractivity contribution in [3.05, 3.63) is 289 Å². The zero-order valence-electron chi connectivity index (χ0n) is 35.7. The van der Waals surface area contributed by atoms with Gasteiger partial charge in [0, 0.05) is 25.0 Å². The molecule has 0 saturated carbocycles. The van der Waals surface area contributed by atoms with Crippen molar-refractivity contribution in [1.29, 1.82) is 0 Å². The van der Waals surface area contributed by atoms with E-state index in [1.165, 1.54) is 60.4 Å². The molecule has 0 heterocycles. The monoisotopic (exact) mass is 999 g/mol. The Hall–Kier alpha value is -5.45. The predicted molar refractivity (Wildman–Crippen MR) is 275 cm³/mol. The minimum atomic E-state index is -4.37. The summed E-state index contributed by atoms with van der Waals surface area (Å²) in [5.74, 6) is 0. The average Bonchev–Trinajstić information content (AvgIpc) is 3.35. The Morgan fingerprint density at radius 3 is 0.877 bits per heavy atom. The minimum absolute atomic E-state index is 0. The first kappa shape index (κ1) is 47.5. The minimum Gasteiger partial charge on any atom is -0.166 e. The molecule has 0 aromatic heterocycles. The third-order valence-corrected chi connectivity index (χ3v) is 19.6. The molecular weight excluding hydrogens is 949 g/mol. The topological polar surface area (TPSA) is 0 Å². The molecular formula is C58H50F3P3Rh+2. The van der Waals surface area contributed by atoms with Crippen LogP contribution >= 0.6 is 23.8 Å². The summed E-state index contributed by atoms with van der Waals surface area (Å²) >= 11 is 0. The second kappa shape index (κ2) is 23.7. The van der Waals surface area contributed by atoms with Gasteiger partial charge in [-0.1, -0.05) is 169 Å². The van der Waals surface area contributed by atoms with Crippen LogP contribution in [0.1, 0.15) is 27.8 Å². The maximum atomic E-state index is 13.4. The fraction of sp³-hybridized carbons (Fsp3) is 0.0517. The smallest absolute Gasteiger partial charge is 0.166 e. The number of benzene rings is 9. The summed E-state index contributed by atoms with van der Waals surface area (Å²) in [5, 5.41) is 9.63. The number of alkyl halides is 3. The maximum absolute atomic E-state index is 13.4. The first-order valence-corrected chi connectivity index (χ1v) is 26.4. The molecule has 7 heteroatoms. The van der Waals surface area contributed by atoms with Gasteiger partial charge in [0.1, 0.15) is 15.9 Å². The van der Waals surface area contributed by atoms with Gasteiger partial charge in [-0.25, -0.2) is 0 Å². The fourth-order valence-corrected chi connectivity index (χ4v) is 15.9. The van der Waals surface area contributed by atoms with E-state index in [-0.39, 0.29) is 19.5 Å². The summed E-state index contributed by atoms with van der Waals surface area (Å²) in [7, 11) is -3.28. The van der Waals surface area contributed by atoms with Crippen LogP contribution in [0.2, 0.25) is 0 Å². The summed E-state index contributed by atoms with van der Waals surface area (Å²) in [6.45, 7) is 0. The van der Waals surface area contributed by atoms with Gasteiger partial charge in [-0.3, -0.25) is 0 Å². The van der Waals surface area contributed by atoms with Crippen molar-refractivity contribution in [3.63, 3.8) is 0 Å². The van der Waals surface area contributed by atoms with Crippen LogP contribution in [0.25, 0.3) is 0 Å². The average molecular weight is 1000 g/mol. The molecule has 0 bridgehead atoms. The van der Waals surface area contributed by atoms with Crippen LogP contribution in [0.15, 0.2) is 255 Å². The summed E-state index contributed by atoms with van der Waals surface area (Å²) in [6, 6.07) is 87.3. The summed E-state index contributed by atoms with van der Waals surface area (Å²) in [4.78, 5) is 0. The molecule has 0 amide bonds. The van der Waals surface area contributed by atoms with Crippen LogP contribution in [0, 0.1) is 6.42 Å². The van der Waals surface area contributed by atoms with Crippen molar-refractivity contribution >= 4 is 60.9 Å². The maximum Gasteiger partial charge on any atom is 0.415 e. The van der Waals surface area contributed by atoms with Crippen LogP contribution in [-0.4, -0.2) is 0 Å².